The lowest BCUT2D eigenvalue weighted by Gasteiger charge is -2.44. The van der Waals surface area contributed by atoms with Gasteiger partial charge in [-0.15, -0.1) is 0 Å². The van der Waals surface area contributed by atoms with Crippen molar-refractivity contribution in [2.75, 3.05) is 27.2 Å². The van der Waals surface area contributed by atoms with E-state index in [1.807, 2.05) is 43.3 Å². The van der Waals surface area contributed by atoms with Crippen LogP contribution in [-0.4, -0.2) is 61.1 Å². The van der Waals surface area contributed by atoms with E-state index in [1.165, 1.54) is 12.8 Å². The van der Waals surface area contributed by atoms with Gasteiger partial charge in [-0.1, -0.05) is 12.1 Å². The molecule has 0 unspecified atom stereocenters. The molecular weight excluding hydrogens is 340 g/mol. The van der Waals surface area contributed by atoms with Gasteiger partial charge in [-0.2, -0.15) is 0 Å². The Hall–Kier alpha value is -1.85. The molecule has 1 saturated heterocycles. The van der Waals surface area contributed by atoms with Crippen LogP contribution in [0.3, 0.4) is 0 Å². The smallest absolute Gasteiger partial charge is 0.227 e. The van der Waals surface area contributed by atoms with Gasteiger partial charge < -0.3 is 14.1 Å². The van der Waals surface area contributed by atoms with Crippen LogP contribution in [0.5, 0.6) is 0 Å². The number of rotatable bonds is 5. The molecule has 3 atom stereocenters. The first kappa shape index (κ1) is 18.5. The first-order valence-electron chi connectivity index (χ1n) is 10.1. The van der Waals surface area contributed by atoms with Crippen LogP contribution in [0, 0.1) is 0 Å². The summed E-state index contributed by atoms with van der Waals surface area (Å²) in [6.45, 7) is 2.29. The molecule has 1 saturated carbocycles. The average Bonchev–Trinajstić information content (AvgIpc) is 3.39. The highest BCUT2D eigenvalue weighted by molar-refractivity contribution is 5.87. The van der Waals surface area contributed by atoms with E-state index < -0.39 is 0 Å². The summed E-state index contributed by atoms with van der Waals surface area (Å²) < 4.78 is 11.1. The molecule has 0 radical (unpaired) electrons. The molecule has 2 aliphatic rings. The Balaban J connectivity index is 1.50. The summed E-state index contributed by atoms with van der Waals surface area (Å²) in [6, 6.07) is 8.57. The third-order valence-corrected chi connectivity index (χ3v) is 6.49. The largest absolute Gasteiger partial charge is 0.464 e. The Labute approximate surface area is 161 Å². The van der Waals surface area contributed by atoms with Crippen LogP contribution in [0.1, 0.15) is 37.7 Å². The topological polar surface area (TPSA) is 45.9 Å². The number of nitrogens with zero attached hydrogens (tertiary/aromatic N) is 2. The summed E-state index contributed by atoms with van der Waals surface area (Å²) in [4.78, 5) is 17.7. The van der Waals surface area contributed by atoms with Gasteiger partial charge in [0.05, 0.1) is 18.8 Å². The summed E-state index contributed by atoms with van der Waals surface area (Å²) in [5, 5.41) is 1.04. The minimum absolute atomic E-state index is 0.189. The van der Waals surface area contributed by atoms with Crippen molar-refractivity contribution in [3.63, 3.8) is 0 Å². The van der Waals surface area contributed by atoms with Gasteiger partial charge in [0.1, 0.15) is 5.58 Å². The van der Waals surface area contributed by atoms with Crippen molar-refractivity contribution < 1.29 is 13.9 Å². The highest BCUT2D eigenvalue weighted by Gasteiger charge is 2.38. The number of benzene rings is 1. The zero-order chi connectivity index (χ0) is 18.8. The minimum Gasteiger partial charge on any atom is -0.464 e. The van der Waals surface area contributed by atoms with Gasteiger partial charge in [0.25, 0.3) is 0 Å². The highest BCUT2D eigenvalue weighted by Crippen LogP contribution is 2.31. The van der Waals surface area contributed by atoms with Crippen LogP contribution in [0.25, 0.3) is 11.0 Å². The lowest BCUT2D eigenvalue weighted by atomic mass is 9.86. The predicted octanol–water partition coefficient (Wildman–Crippen LogP) is 3.47. The molecule has 5 heteroatoms. The normalized spacial score (nSPS) is 26.5. The predicted molar refractivity (Wildman–Crippen MR) is 106 cm³/mol. The number of hydrogen-bond donors (Lipinski definition) is 0. The number of likely N-dealkylation sites (tertiary alicyclic amines) is 1. The molecule has 2 aromatic rings. The van der Waals surface area contributed by atoms with Gasteiger partial charge >= 0.3 is 0 Å². The molecule has 2 fully saturated rings. The van der Waals surface area contributed by atoms with E-state index in [4.69, 9.17) is 9.15 Å². The molecule has 2 heterocycles. The summed E-state index contributed by atoms with van der Waals surface area (Å²) in [6.07, 6.45) is 8.02. The first-order valence-corrected chi connectivity index (χ1v) is 10.1. The van der Waals surface area contributed by atoms with E-state index in [1.54, 1.807) is 6.26 Å². The maximum absolute atomic E-state index is 13.1. The molecule has 27 heavy (non-hydrogen) atoms. The lowest BCUT2D eigenvalue weighted by molar-refractivity contribution is -0.134. The maximum atomic E-state index is 13.1. The maximum Gasteiger partial charge on any atom is 0.227 e. The number of carbonyl (C=O) groups excluding carboxylic acids is 1. The van der Waals surface area contributed by atoms with E-state index in [2.05, 4.69) is 4.90 Å². The Bertz CT molecular complexity index is 781. The van der Waals surface area contributed by atoms with Crippen molar-refractivity contribution in [1.82, 2.24) is 9.80 Å². The molecule has 1 aromatic heterocycles. The van der Waals surface area contributed by atoms with Crippen molar-refractivity contribution in [2.24, 2.45) is 0 Å². The van der Waals surface area contributed by atoms with Crippen molar-refractivity contribution in [3.8, 4) is 0 Å². The monoisotopic (exact) mass is 370 g/mol. The third-order valence-electron chi connectivity index (χ3n) is 6.49. The summed E-state index contributed by atoms with van der Waals surface area (Å²) in [5.41, 5.74) is 1.89. The second-order valence-electron chi connectivity index (χ2n) is 7.98. The number of likely N-dealkylation sites (N-methyl/N-ethyl adjacent to an activating group) is 1. The van der Waals surface area contributed by atoms with Crippen molar-refractivity contribution >= 4 is 16.9 Å². The van der Waals surface area contributed by atoms with Gasteiger partial charge in [0, 0.05) is 31.6 Å². The lowest BCUT2D eigenvalue weighted by Crippen LogP contribution is -2.55. The molecule has 146 valence electrons. The number of ether oxygens (including phenoxy) is 1. The summed E-state index contributed by atoms with van der Waals surface area (Å²) >= 11 is 0. The van der Waals surface area contributed by atoms with Crippen LogP contribution in [-0.2, 0) is 16.0 Å². The minimum atomic E-state index is 0.189. The van der Waals surface area contributed by atoms with Gasteiger partial charge in [-0.3, -0.25) is 9.69 Å². The Morgan fingerprint density at radius 2 is 2.07 bits per heavy atom. The highest BCUT2D eigenvalue weighted by atomic mass is 16.5. The quantitative estimate of drug-likeness (QED) is 0.809. The number of fused-ring (bicyclic) bond motifs is 1. The molecule has 1 amide bonds. The zero-order valence-corrected chi connectivity index (χ0v) is 16.4. The van der Waals surface area contributed by atoms with Gasteiger partial charge in [-0.05, 0) is 62.9 Å². The summed E-state index contributed by atoms with van der Waals surface area (Å²) in [5.74, 6) is 0.189. The second-order valence-corrected chi connectivity index (χ2v) is 7.98. The van der Waals surface area contributed by atoms with Crippen molar-refractivity contribution in [3.05, 3.63) is 36.1 Å². The third kappa shape index (κ3) is 3.76. The van der Waals surface area contributed by atoms with Crippen LogP contribution in [0.4, 0.5) is 0 Å². The molecule has 0 spiro atoms. The molecule has 1 aliphatic carbocycles. The number of amides is 1. The number of carbonyl (C=O) groups is 1. The zero-order valence-electron chi connectivity index (χ0n) is 16.4. The first-order chi connectivity index (χ1) is 13.2. The number of furan rings is 1. The van der Waals surface area contributed by atoms with Crippen molar-refractivity contribution in [2.45, 2.75) is 56.7 Å². The molecule has 5 nitrogen and oxygen atoms in total. The standard InChI is InChI=1S/C22H30N2O3/c1-23(22(25)14-16-6-5-7-21-18(16)10-13-27-21)19-9-8-17(26-2)15-20(19)24-11-3-4-12-24/h5-7,10,13,17,19-20H,3-4,8-9,11-12,14-15H2,1-2H3/t17-,19-,20+/m1/s1. The Morgan fingerprint density at radius 3 is 2.85 bits per heavy atom. The Morgan fingerprint density at radius 1 is 1.26 bits per heavy atom. The summed E-state index contributed by atoms with van der Waals surface area (Å²) in [7, 11) is 3.80. The van der Waals surface area contributed by atoms with Gasteiger partial charge in [0.15, 0.2) is 0 Å². The molecule has 0 N–H and O–H groups in total. The van der Waals surface area contributed by atoms with E-state index in [0.29, 0.717) is 18.6 Å². The van der Waals surface area contributed by atoms with E-state index in [9.17, 15) is 4.79 Å². The fraction of sp³-hybridized carbons (Fsp3) is 0.591. The van der Waals surface area contributed by atoms with E-state index >= 15 is 0 Å². The van der Waals surface area contributed by atoms with Crippen LogP contribution >= 0.6 is 0 Å². The average molecular weight is 370 g/mol. The van der Waals surface area contributed by atoms with E-state index in [-0.39, 0.29) is 11.9 Å². The molecule has 0 bridgehead atoms. The molecule has 4 rings (SSSR count). The number of methoxy groups -OCH3 is 1. The fourth-order valence-electron chi connectivity index (χ4n) is 4.91. The van der Waals surface area contributed by atoms with Crippen LogP contribution in [0.2, 0.25) is 0 Å². The molecular formula is C22H30N2O3. The molecule has 1 aromatic carbocycles. The molecule has 1 aliphatic heterocycles. The van der Waals surface area contributed by atoms with Crippen LogP contribution in [0.15, 0.2) is 34.9 Å². The van der Waals surface area contributed by atoms with E-state index in [0.717, 1.165) is 48.9 Å². The van der Waals surface area contributed by atoms with Crippen molar-refractivity contribution in [1.29, 1.82) is 0 Å². The van der Waals surface area contributed by atoms with Crippen LogP contribution < -0.4 is 0 Å². The van der Waals surface area contributed by atoms with Gasteiger partial charge in [0.2, 0.25) is 5.91 Å². The second kappa shape index (κ2) is 8.03. The SMILES string of the molecule is CO[C@@H]1CC[C@@H](N(C)C(=O)Cc2cccc3occc23)[C@@H](N2CCCC2)C1. The van der Waals surface area contributed by atoms with Gasteiger partial charge in [-0.25, -0.2) is 0 Å². The Kier molecular flexibility index (Phi) is 5.50. The fourth-order valence-corrected chi connectivity index (χ4v) is 4.91. The number of hydrogen-bond acceptors (Lipinski definition) is 4.